The van der Waals surface area contributed by atoms with Crippen molar-refractivity contribution in [3.05, 3.63) is 149 Å². The number of nitrogens with zero attached hydrogens (tertiary/aromatic N) is 1. The summed E-state index contributed by atoms with van der Waals surface area (Å²) in [6.07, 6.45) is -0.866. The van der Waals surface area contributed by atoms with E-state index < -0.39 is 44.2 Å². The third kappa shape index (κ3) is 7.75. The molecule has 2 amide bonds. The molecule has 0 spiro atoms. The molecule has 0 bridgehead atoms. The van der Waals surface area contributed by atoms with Crippen molar-refractivity contribution in [2.75, 3.05) is 7.11 Å². The van der Waals surface area contributed by atoms with Gasteiger partial charge in [0.05, 0.1) is 18.4 Å². The van der Waals surface area contributed by atoms with Crippen LogP contribution in [0, 0.1) is 6.92 Å². The summed E-state index contributed by atoms with van der Waals surface area (Å²) in [7, 11) is -2.26. The minimum absolute atomic E-state index is 0.0200. The van der Waals surface area contributed by atoms with Gasteiger partial charge in [-0.1, -0.05) is 109 Å². The number of hydrogen-bond donors (Lipinski definition) is 1. The third-order valence-electron chi connectivity index (χ3n) is 7.61. The fourth-order valence-electron chi connectivity index (χ4n) is 5.08. The Kier molecular flexibility index (Phi) is 10.5. The first-order chi connectivity index (χ1) is 22.6. The molecule has 1 aliphatic rings. The van der Waals surface area contributed by atoms with E-state index in [9.17, 15) is 22.8 Å². The lowest BCUT2D eigenvalue weighted by atomic mass is 10.0. The molecule has 1 aliphatic heterocycles. The van der Waals surface area contributed by atoms with E-state index >= 15 is 0 Å². The van der Waals surface area contributed by atoms with Crippen molar-refractivity contribution < 1.29 is 32.3 Å². The van der Waals surface area contributed by atoms with Crippen LogP contribution in [-0.2, 0) is 39.1 Å². The predicted molar refractivity (Wildman–Crippen MR) is 179 cm³/mol. The van der Waals surface area contributed by atoms with Crippen LogP contribution in [-0.4, -0.2) is 49.6 Å². The van der Waals surface area contributed by atoms with Crippen LogP contribution < -0.4 is 5.32 Å². The predicted octanol–water partition coefficient (Wildman–Crippen LogP) is 5.52. The zero-order chi connectivity index (χ0) is 33.6. The third-order valence-corrected chi connectivity index (χ3v) is 11.3. The van der Waals surface area contributed by atoms with Crippen LogP contribution >= 0.6 is 10.8 Å². The van der Waals surface area contributed by atoms with Crippen molar-refractivity contribution in [2.45, 2.75) is 42.7 Å². The largest absolute Gasteiger partial charge is 0.499 e. The number of β-lactam (4-membered cyclic amide) rings is 1. The van der Waals surface area contributed by atoms with E-state index in [1.54, 1.807) is 36.4 Å². The molecule has 4 aromatic rings. The Hall–Kier alpha value is -4.87. The lowest BCUT2D eigenvalue weighted by molar-refractivity contribution is -0.155. The molecule has 5 rings (SSSR count). The number of rotatable bonds is 12. The summed E-state index contributed by atoms with van der Waals surface area (Å²) in [5, 5.41) is 1.48. The lowest BCUT2D eigenvalue weighted by Crippen LogP contribution is -2.70. The highest BCUT2D eigenvalue weighted by atomic mass is 33.1. The Morgan fingerprint density at radius 3 is 1.91 bits per heavy atom. The smallest absolute Gasteiger partial charge is 0.359 e. The van der Waals surface area contributed by atoms with Gasteiger partial charge in [0.1, 0.15) is 17.2 Å². The van der Waals surface area contributed by atoms with Gasteiger partial charge in [0, 0.05) is 10.8 Å². The average Bonchev–Trinajstić information content (AvgIpc) is 3.08. The van der Waals surface area contributed by atoms with Gasteiger partial charge < -0.3 is 14.8 Å². The summed E-state index contributed by atoms with van der Waals surface area (Å²) in [4.78, 5) is 42.0. The zero-order valence-corrected chi connectivity index (χ0v) is 27.7. The lowest BCUT2D eigenvalue weighted by Gasteiger charge is -2.46. The number of carbonyl (C=O) groups excluding carboxylic acids is 3. The van der Waals surface area contributed by atoms with Crippen molar-refractivity contribution >= 4 is 37.4 Å². The van der Waals surface area contributed by atoms with E-state index in [1.807, 2.05) is 73.7 Å². The molecular formula is C36H34N2O7S2. The summed E-state index contributed by atoms with van der Waals surface area (Å²) in [5.74, 6) is -2.02. The Morgan fingerprint density at radius 1 is 0.851 bits per heavy atom. The number of carbonyl (C=O) groups is 3. The van der Waals surface area contributed by atoms with Crippen molar-refractivity contribution in [2.24, 2.45) is 0 Å². The molecule has 1 fully saturated rings. The number of esters is 1. The van der Waals surface area contributed by atoms with Crippen LogP contribution in [0.1, 0.15) is 35.3 Å². The van der Waals surface area contributed by atoms with Crippen LogP contribution in [0.15, 0.2) is 132 Å². The first kappa shape index (κ1) is 33.5. The van der Waals surface area contributed by atoms with Crippen LogP contribution in [0.2, 0.25) is 0 Å². The van der Waals surface area contributed by atoms with E-state index in [0.717, 1.165) is 16.0 Å². The van der Waals surface area contributed by atoms with Gasteiger partial charge in [-0.05, 0) is 42.7 Å². The highest BCUT2D eigenvalue weighted by Gasteiger charge is 2.55. The molecule has 242 valence electrons. The normalized spacial score (nSPS) is 16.6. The molecule has 0 radical (unpaired) electrons. The Labute approximate surface area is 277 Å². The Morgan fingerprint density at radius 2 is 1.38 bits per heavy atom. The van der Waals surface area contributed by atoms with Crippen LogP contribution in [0.3, 0.4) is 0 Å². The molecule has 1 N–H and O–H groups in total. The van der Waals surface area contributed by atoms with E-state index in [1.165, 1.54) is 26.2 Å². The highest BCUT2D eigenvalue weighted by Crippen LogP contribution is 2.41. The van der Waals surface area contributed by atoms with Gasteiger partial charge >= 0.3 is 5.97 Å². The monoisotopic (exact) mass is 670 g/mol. The summed E-state index contributed by atoms with van der Waals surface area (Å²) >= 11 is 0. The first-order valence-electron chi connectivity index (χ1n) is 14.8. The second-order valence-electron chi connectivity index (χ2n) is 10.9. The van der Waals surface area contributed by atoms with Crippen LogP contribution in [0.25, 0.3) is 0 Å². The summed E-state index contributed by atoms with van der Waals surface area (Å²) in [6, 6.07) is 32.2. The summed E-state index contributed by atoms with van der Waals surface area (Å²) in [6.45, 7) is 3.32. The topological polar surface area (TPSA) is 119 Å². The van der Waals surface area contributed by atoms with E-state index in [0.29, 0.717) is 21.9 Å². The standard InChI is InChI=1S/C36H34N2O7S2/c1-24-19-21-29(22-20-24)47(42,43)46-35-31(37-30(39)23-26-13-7-4-8-14-26)34(40)38(35)32(25(2)44-3)36(41)45-33(27-15-9-5-10-16-27)28-17-11-6-12-18-28/h4-22,31,33,35H,23H2,1-3H3,(H,37,39)/b32-25+. The van der Waals surface area contributed by atoms with Crippen molar-refractivity contribution in [1.29, 1.82) is 0 Å². The second-order valence-corrected chi connectivity index (χ2v) is 14.8. The number of benzene rings is 4. The van der Waals surface area contributed by atoms with E-state index in [2.05, 4.69) is 5.32 Å². The molecule has 0 saturated carbocycles. The molecule has 0 aliphatic carbocycles. The van der Waals surface area contributed by atoms with Crippen LogP contribution in [0.4, 0.5) is 0 Å². The zero-order valence-electron chi connectivity index (χ0n) is 26.0. The SMILES string of the molecule is CO/C(C)=C(\C(=O)OC(c1ccccc1)c1ccccc1)N1C(=O)C(NC(=O)Cc2ccccc2)C1SS(=O)(=O)c1ccc(C)cc1. The molecule has 1 heterocycles. The fourth-order valence-corrected chi connectivity index (χ4v) is 8.55. The number of amides is 2. The van der Waals surface area contributed by atoms with Crippen LogP contribution in [0.5, 0.6) is 0 Å². The Balaban J connectivity index is 1.49. The molecule has 2 atom stereocenters. The number of ether oxygens (including phenoxy) is 2. The molecule has 4 aromatic carbocycles. The second kappa shape index (κ2) is 14.7. The molecule has 47 heavy (non-hydrogen) atoms. The summed E-state index contributed by atoms with van der Waals surface area (Å²) in [5.41, 5.74) is 2.71. The number of likely N-dealkylation sites (tertiary alicyclic amines) is 1. The van der Waals surface area contributed by atoms with Gasteiger partial charge in [-0.15, -0.1) is 0 Å². The minimum Gasteiger partial charge on any atom is -0.499 e. The maximum atomic E-state index is 14.1. The van der Waals surface area contributed by atoms with Gasteiger partial charge in [0.25, 0.3) is 5.91 Å². The van der Waals surface area contributed by atoms with Gasteiger partial charge in [-0.25, -0.2) is 13.2 Å². The number of nitrogens with one attached hydrogen (secondary N) is 1. The summed E-state index contributed by atoms with van der Waals surface area (Å²) < 4.78 is 38.8. The fraction of sp³-hybridized carbons (Fsp3) is 0.194. The van der Waals surface area contributed by atoms with Crippen molar-refractivity contribution in [1.82, 2.24) is 10.2 Å². The number of aryl methyl sites for hydroxylation is 1. The molecule has 2 unspecified atom stereocenters. The first-order valence-corrected chi connectivity index (χ1v) is 17.7. The quantitative estimate of drug-likeness (QED) is 0.0688. The van der Waals surface area contributed by atoms with Crippen molar-refractivity contribution in [3.8, 4) is 0 Å². The maximum Gasteiger partial charge on any atom is 0.359 e. The number of allylic oxidation sites excluding steroid dienone is 1. The van der Waals surface area contributed by atoms with E-state index in [-0.39, 0.29) is 22.8 Å². The molecule has 1 saturated heterocycles. The van der Waals surface area contributed by atoms with E-state index in [4.69, 9.17) is 9.47 Å². The molecular weight excluding hydrogens is 637 g/mol. The molecule has 9 nitrogen and oxygen atoms in total. The molecule has 0 aromatic heterocycles. The number of hydrogen-bond acceptors (Lipinski definition) is 8. The number of methoxy groups -OCH3 is 1. The van der Waals surface area contributed by atoms with Gasteiger partial charge in [-0.2, -0.15) is 0 Å². The molecule has 11 heteroatoms. The maximum absolute atomic E-state index is 14.1. The van der Waals surface area contributed by atoms with Crippen molar-refractivity contribution in [3.63, 3.8) is 0 Å². The highest BCUT2D eigenvalue weighted by molar-refractivity contribution is 8.72. The Bertz CT molecular complexity index is 1830. The van der Waals surface area contributed by atoms with Gasteiger partial charge in [-0.3, -0.25) is 14.5 Å². The van der Waals surface area contributed by atoms with Gasteiger partial charge in [0.2, 0.25) is 14.8 Å². The van der Waals surface area contributed by atoms with Gasteiger partial charge in [0.15, 0.2) is 11.8 Å². The minimum atomic E-state index is -4.07. The average molecular weight is 671 g/mol.